The number of hydrogen-bond donors (Lipinski definition) is 1. The van der Waals surface area contributed by atoms with Crippen LogP contribution in [0.25, 0.3) is 0 Å². The maximum absolute atomic E-state index is 10.7. The lowest BCUT2D eigenvalue weighted by Gasteiger charge is -2.43. The maximum atomic E-state index is 10.7. The molecule has 0 spiro atoms. The van der Waals surface area contributed by atoms with Crippen molar-refractivity contribution in [2.75, 3.05) is 33.4 Å². The summed E-state index contributed by atoms with van der Waals surface area (Å²) in [4.78, 5) is 2.31. The van der Waals surface area contributed by atoms with Gasteiger partial charge < -0.3 is 14.6 Å². The normalized spacial score (nSPS) is 18.5. The first kappa shape index (κ1) is 16.7. The van der Waals surface area contributed by atoms with Gasteiger partial charge in [-0.15, -0.1) is 0 Å². The molecule has 0 aliphatic carbocycles. The van der Waals surface area contributed by atoms with Crippen molar-refractivity contribution in [3.8, 4) is 5.75 Å². The van der Waals surface area contributed by atoms with Crippen LogP contribution in [0.15, 0.2) is 22.7 Å². The number of aliphatic hydroxyl groups is 1. The minimum Gasteiger partial charge on any atom is -0.496 e. The summed E-state index contributed by atoms with van der Waals surface area (Å²) in [6.07, 6.45) is 0.184. The predicted octanol–water partition coefficient (Wildman–Crippen LogP) is 2.47. The third-order valence-corrected chi connectivity index (χ3v) is 4.91. The summed E-state index contributed by atoms with van der Waals surface area (Å²) in [7, 11) is 1.65. The number of methoxy groups -OCH3 is 1. The Morgan fingerprint density at radius 1 is 1.38 bits per heavy atom. The number of rotatable bonds is 5. The lowest BCUT2D eigenvalue weighted by Crippen LogP contribution is -2.56. The van der Waals surface area contributed by atoms with Crippen molar-refractivity contribution in [3.05, 3.63) is 28.2 Å². The van der Waals surface area contributed by atoms with Crippen LogP contribution >= 0.6 is 15.9 Å². The third kappa shape index (κ3) is 3.97. The van der Waals surface area contributed by atoms with Gasteiger partial charge in [-0.1, -0.05) is 6.07 Å². The monoisotopic (exact) mass is 357 g/mol. The average Bonchev–Trinajstić information content (AvgIpc) is 2.48. The van der Waals surface area contributed by atoms with Gasteiger partial charge in [0.2, 0.25) is 0 Å². The SMILES string of the molecule is COc1ccc(CC(O)C(C)(C)N2CCOCC2)cc1Br. The summed E-state index contributed by atoms with van der Waals surface area (Å²) in [6, 6.07) is 5.94. The number of nitrogens with zero attached hydrogens (tertiary/aromatic N) is 1. The van der Waals surface area contributed by atoms with Gasteiger partial charge in [-0.3, -0.25) is 4.90 Å². The van der Waals surface area contributed by atoms with Crippen molar-refractivity contribution in [2.24, 2.45) is 0 Å². The van der Waals surface area contributed by atoms with E-state index < -0.39 is 6.10 Å². The molecule has 1 aromatic carbocycles. The molecule has 4 nitrogen and oxygen atoms in total. The van der Waals surface area contributed by atoms with Crippen molar-refractivity contribution >= 4 is 15.9 Å². The van der Waals surface area contributed by atoms with Gasteiger partial charge in [0.05, 0.1) is 30.9 Å². The molecule has 1 aromatic rings. The second-order valence-electron chi connectivity index (χ2n) is 5.94. The zero-order chi connectivity index (χ0) is 15.5. The molecule has 2 rings (SSSR count). The molecule has 1 unspecified atom stereocenters. The number of benzene rings is 1. The van der Waals surface area contributed by atoms with Gasteiger partial charge in [-0.2, -0.15) is 0 Å². The van der Waals surface area contributed by atoms with Crippen LogP contribution in [0.4, 0.5) is 0 Å². The van der Waals surface area contributed by atoms with Crippen molar-refractivity contribution in [2.45, 2.75) is 31.9 Å². The van der Waals surface area contributed by atoms with E-state index in [1.165, 1.54) is 0 Å². The van der Waals surface area contributed by atoms with Gasteiger partial charge in [0, 0.05) is 25.0 Å². The van der Waals surface area contributed by atoms with Crippen molar-refractivity contribution < 1.29 is 14.6 Å². The Kier molecular flexibility index (Phi) is 5.66. The molecule has 0 radical (unpaired) electrons. The summed E-state index contributed by atoms with van der Waals surface area (Å²) in [5, 5.41) is 10.7. The van der Waals surface area contributed by atoms with E-state index in [0.717, 1.165) is 42.1 Å². The van der Waals surface area contributed by atoms with Crippen LogP contribution in [0.3, 0.4) is 0 Å². The molecule has 118 valence electrons. The van der Waals surface area contributed by atoms with Crippen LogP contribution in [-0.2, 0) is 11.2 Å². The van der Waals surface area contributed by atoms with E-state index in [0.29, 0.717) is 6.42 Å². The molecule has 1 heterocycles. The summed E-state index contributed by atoms with van der Waals surface area (Å²) < 4.78 is 11.5. The second kappa shape index (κ2) is 7.09. The Morgan fingerprint density at radius 3 is 2.62 bits per heavy atom. The molecule has 1 aliphatic heterocycles. The van der Waals surface area contributed by atoms with E-state index in [1.54, 1.807) is 7.11 Å². The number of hydrogen-bond acceptors (Lipinski definition) is 4. The van der Waals surface area contributed by atoms with Gasteiger partial charge in [0.1, 0.15) is 5.75 Å². The molecular formula is C16H24BrNO3. The smallest absolute Gasteiger partial charge is 0.133 e. The fourth-order valence-corrected chi connectivity index (χ4v) is 3.25. The first-order chi connectivity index (χ1) is 9.95. The zero-order valence-electron chi connectivity index (χ0n) is 12.9. The van der Waals surface area contributed by atoms with Crippen LogP contribution < -0.4 is 4.74 Å². The highest BCUT2D eigenvalue weighted by Crippen LogP contribution is 2.28. The number of morpholine rings is 1. The van der Waals surface area contributed by atoms with Crippen molar-refractivity contribution in [3.63, 3.8) is 0 Å². The topological polar surface area (TPSA) is 41.9 Å². The highest BCUT2D eigenvalue weighted by Gasteiger charge is 2.35. The quantitative estimate of drug-likeness (QED) is 0.878. The van der Waals surface area contributed by atoms with Crippen molar-refractivity contribution in [1.82, 2.24) is 4.90 Å². The van der Waals surface area contributed by atoms with Crippen LogP contribution in [0.1, 0.15) is 19.4 Å². The van der Waals surface area contributed by atoms with Gasteiger partial charge >= 0.3 is 0 Å². The van der Waals surface area contributed by atoms with E-state index >= 15 is 0 Å². The first-order valence-electron chi connectivity index (χ1n) is 7.28. The molecule has 0 aromatic heterocycles. The first-order valence-corrected chi connectivity index (χ1v) is 8.07. The predicted molar refractivity (Wildman–Crippen MR) is 86.9 cm³/mol. The molecule has 1 saturated heterocycles. The van der Waals surface area contributed by atoms with E-state index in [-0.39, 0.29) is 5.54 Å². The zero-order valence-corrected chi connectivity index (χ0v) is 14.5. The van der Waals surface area contributed by atoms with Gasteiger partial charge in [0.15, 0.2) is 0 Å². The van der Waals surface area contributed by atoms with Gasteiger partial charge in [-0.05, 0) is 47.5 Å². The fourth-order valence-electron chi connectivity index (χ4n) is 2.66. The molecule has 0 amide bonds. The van der Waals surface area contributed by atoms with Crippen molar-refractivity contribution in [1.29, 1.82) is 0 Å². The highest BCUT2D eigenvalue weighted by molar-refractivity contribution is 9.10. The van der Waals surface area contributed by atoms with Crippen LogP contribution in [-0.4, -0.2) is 55.1 Å². The van der Waals surface area contributed by atoms with Crippen LogP contribution in [0, 0.1) is 0 Å². The Morgan fingerprint density at radius 2 is 2.05 bits per heavy atom. The highest BCUT2D eigenvalue weighted by atomic mass is 79.9. The minimum absolute atomic E-state index is 0.268. The molecule has 1 atom stereocenters. The lowest BCUT2D eigenvalue weighted by molar-refractivity contribution is -0.0612. The second-order valence-corrected chi connectivity index (χ2v) is 6.80. The van der Waals surface area contributed by atoms with Crippen LogP contribution in [0.5, 0.6) is 5.75 Å². The molecule has 1 fully saturated rings. The third-order valence-electron chi connectivity index (χ3n) is 4.29. The maximum Gasteiger partial charge on any atom is 0.133 e. The molecule has 1 aliphatic rings. The summed E-state index contributed by atoms with van der Waals surface area (Å²) in [6.45, 7) is 7.42. The Labute approximate surface area is 135 Å². The average molecular weight is 358 g/mol. The summed E-state index contributed by atoms with van der Waals surface area (Å²) >= 11 is 3.49. The number of ether oxygens (including phenoxy) is 2. The molecular weight excluding hydrogens is 334 g/mol. The summed E-state index contributed by atoms with van der Waals surface area (Å²) in [5.74, 6) is 0.806. The van der Waals surface area contributed by atoms with E-state index in [1.807, 2.05) is 18.2 Å². The van der Waals surface area contributed by atoms with E-state index in [2.05, 4.69) is 34.7 Å². The minimum atomic E-state index is -0.434. The molecule has 0 saturated carbocycles. The Balaban J connectivity index is 2.05. The van der Waals surface area contributed by atoms with Gasteiger partial charge in [0.25, 0.3) is 0 Å². The molecule has 5 heteroatoms. The van der Waals surface area contributed by atoms with Crippen LogP contribution in [0.2, 0.25) is 0 Å². The lowest BCUT2D eigenvalue weighted by atomic mass is 9.89. The fraction of sp³-hybridized carbons (Fsp3) is 0.625. The Hall–Kier alpha value is -0.620. The van der Waals surface area contributed by atoms with Gasteiger partial charge in [-0.25, -0.2) is 0 Å². The molecule has 21 heavy (non-hydrogen) atoms. The standard InChI is InChI=1S/C16H24BrNO3/c1-16(2,18-6-8-21-9-7-18)15(19)11-12-4-5-14(20-3)13(17)10-12/h4-5,10,15,19H,6-9,11H2,1-3H3. The Bertz CT molecular complexity index is 473. The van der Waals surface area contributed by atoms with E-state index in [9.17, 15) is 5.11 Å². The number of halogens is 1. The molecule has 0 bridgehead atoms. The summed E-state index contributed by atoms with van der Waals surface area (Å²) in [5.41, 5.74) is 0.826. The van der Waals surface area contributed by atoms with E-state index in [4.69, 9.17) is 9.47 Å². The number of aliphatic hydroxyl groups excluding tert-OH is 1. The molecule has 1 N–H and O–H groups in total. The largest absolute Gasteiger partial charge is 0.496 e.